The summed E-state index contributed by atoms with van der Waals surface area (Å²) in [5.74, 6) is -0.200. The highest BCUT2D eigenvalue weighted by molar-refractivity contribution is 5.85. The number of benzene rings is 3. The Bertz CT molecular complexity index is 1360. The molecule has 0 radical (unpaired) electrons. The van der Waals surface area contributed by atoms with Crippen LogP contribution in [0.1, 0.15) is 62.6 Å². The third-order valence-corrected chi connectivity index (χ3v) is 7.99. The van der Waals surface area contributed by atoms with Crippen LogP contribution in [0.25, 0.3) is 16.7 Å². The zero-order valence-electron chi connectivity index (χ0n) is 22.5. The number of carboxylic acid groups (broad SMARTS) is 1. The largest absolute Gasteiger partial charge is 0.489 e. The van der Waals surface area contributed by atoms with Gasteiger partial charge in [0, 0.05) is 23.8 Å². The highest BCUT2D eigenvalue weighted by Gasteiger charge is 2.30. The lowest BCUT2D eigenvalue weighted by atomic mass is 9.79. The molecule has 5 heteroatoms. The van der Waals surface area contributed by atoms with Crippen LogP contribution >= 0.6 is 0 Å². The summed E-state index contributed by atoms with van der Waals surface area (Å²) in [6.45, 7) is 7.79. The fourth-order valence-electron chi connectivity index (χ4n) is 5.94. The van der Waals surface area contributed by atoms with E-state index in [4.69, 9.17) is 4.74 Å². The minimum absolute atomic E-state index is 0.0262. The summed E-state index contributed by atoms with van der Waals surface area (Å²) in [5, 5.41) is 9.22. The Balaban J connectivity index is 1.37. The molecule has 0 unspecified atom stereocenters. The molecule has 1 N–H and O–H groups in total. The van der Waals surface area contributed by atoms with E-state index < -0.39 is 5.97 Å². The Morgan fingerprint density at radius 3 is 2.55 bits per heavy atom. The Morgan fingerprint density at radius 1 is 1.05 bits per heavy atom. The number of carbonyl (C=O) groups is 1. The van der Waals surface area contributed by atoms with E-state index in [2.05, 4.69) is 30.9 Å². The van der Waals surface area contributed by atoms with Gasteiger partial charge in [0.25, 0.3) is 0 Å². The first-order chi connectivity index (χ1) is 18.2. The number of anilines is 1. The van der Waals surface area contributed by atoms with Crippen molar-refractivity contribution in [2.24, 2.45) is 5.41 Å². The van der Waals surface area contributed by atoms with Gasteiger partial charge in [0.15, 0.2) is 0 Å². The lowest BCUT2D eigenvalue weighted by molar-refractivity contribution is -0.137. The molecule has 0 saturated carbocycles. The number of hydrogen-bond donors (Lipinski definition) is 1. The summed E-state index contributed by atoms with van der Waals surface area (Å²) in [5.41, 5.74) is 7.02. The van der Waals surface area contributed by atoms with Gasteiger partial charge in [-0.3, -0.25) is 4.79 Å². The topological polar surface area (TPSA) is 49.8 Å². The maximum absolute atomic E-state index is 14.9. The third kappa shape index (κ3) is 5.47. The van der Waals surface area contributed by atoms with E-state index in [1.807, 2.05) is 49.4 Å². The molecule has 0 amide bonds. The van der Waals surface area contributed by atoms with Gasteiger partial charge in [-0.1, -0.05) is 43.7 Å². The van der Waals surface area contributed by atoms with Crippen LogP contribution in [0.15, 0.2) is 66.7 Å². The molecule has 1 aliphatic heterocycles. The number of nitrogens with zero attached hydrogens (tertiary/aromatic N) is 1. The second-order valence-corrected chi connectivity index (χ2v) is 11.3. The van der Waals surface area contributed by atoms with Crippen LogP contribution in [-0.4, -0.2) is 23.7 Å². The van der Waals surface area contributed by atoms with Gasteiger partial charge in [-0.15, -0.1) is 0 Å². The van der Waals surface area contributed by atoms with Gasteiger partial charge < -0.3 is 14.7 Å². The van der Waals surface area contributed by atoms with Crippen molar-refractivity contribution in [1.82, 2.24) is 0 Å². The number of rotatable bonds is 8. The molecule has 38 heavy (non-hydrogen) atoms. The smallest absolute Gasteiger partial charge is 0.305 e. The molecule has 0 spiro atoms. The van der Waals surface area contributed by atoms with Crippen molar-refractivity contribution in [2.45, 2.75) is 65.5 Å². The fraction of sp³-hybridized carbons (Fsp3) is 0.364. The zero-order valence-corrected chi connectivity index (χ0v) is 22.5. The summed E-state index contributed by atoms with van der Waals surface area (Å²) < 4.78 is 21.1. The number of ether oxygens (including phenoxy) is 1. The van der Waals surface area contributed by atoms with Crippen LogP contribution < -0.4 is 9.64 Å². The van der Waals surface area contributed by atoms with E-state index in [9.17, 15) is 14.3 Å². The van der Waals surface area contributed by atoms with Gasteiger partial charge >= 0.3 is 5.97 Å². The second-order valence-electron chi connectivity index (χ2n) is 11.3. The Hall–Kier alpha value is -3.60. The number of aliphatic carboxylic acids is 1. The molecule has 0 aromatic heterocycles. The molecule has 4 nitrogen and oxygen atoms in total. The number of aryl methyl sites for hydroxylation is 1. The minimum Gasteiger partial charge on any atom is -0.489 e. The summed E-state index contributed by atoms with van der Waals surface area (Å²) in [6, 6.07) is 19.5. The summed E-state index contributed by atoms with van der Waals surface area (Å²) in [4.78, 5) is 13.4. The highest BCUT2D eigenvalue weighted by Crippen LogP contribution is 2.47. The van der Waals surface area contributed by atoms with Crippen LogP contribution in [-0.2, 0) is 11.4 Å². The number of hydrogen-bond acceptors (Lipinski definition) is 3. The summed E-state index contributed by atoms with van der Waals surface area (Å²) in [7, 11) is 0. The van der Waals surface area contributed by atoms with Crippen molar-refractivity contribution in [3.05, 3.63) is 89.2 Å². The lowest BCUT2D eigenvalue weighted by Crippen LogP contribution is -2.31. The third-order valence-electron chi connectivity index (χ3n) is 7.99. The van der Waals surface area contributed by atoms with Crippen molar-refractivity contribution in [3.8, 4) is 16.9 Å². The van der Waals surface area contributed by atoms with Crippen LogP contribution in [0.5, 0.6) is 5.75 Å². The van der Waals surface area contributed by atoms with Gasteiger partial charge in [-0.05, 0) is 103 Å². The number of halogens is 1. The molecule has 198 valence electrons. The van der Waals surface area contributed by atoms with Crippen molar-refractivity contribution in [1.29, 1.82) is 0 Å². The fourth-order valence-corrected chi connectivity index (χ4v) is 5.94. The molecule has 1 aliphatic carbocycles. The monoisotopic (exact) mass is 513 g/mol. The maximum Gasteiger partial charge on any atom is 0.305 e. The molecular weight excluding hydrogens is 477 g/mol. The molecule has 3 aromatic carbocycles. The van der Waals surface area contributed by atoms with Crippen molar-refractivity contribution < 1.29 is 19.0 Å². The number of carboxylic acids is 1. The van der Waals surface area contributed by atoms with Crippen molar-refractivity contribution in [3.63, 3.8) is 0 Å². The summed E-state index contributed by atoms with van der Waals surface area (Å²) in [6.07, 6.45) is 6.48. The first-order valence-electron chi connectivity index (χ1n) is 13.5. The van der Waals surface area contributed by atoms with Gasteiger partial charge in [-0.2, -0.15) is 0 Å². The molecule has 0 bridgehead atoms. The van der Waals surface area contributed by atoms with E-state index in [0.717, 1.165) is 65.9 Å². The molecule has 5 rings (SSSR count). The van der Waals surface area contributed by atoms with Gasteiger partial charge in [0.2, 0.25) is 0 Å². The maximum atomic E-state index is 14.9. The van der Waals surface area contributed by atoms with E-state index in [0.29, 0.717) is 12.2 Å². The molecule has 1 fully saturated rings. The van der Waals surface area contributed by atoms with Crippen molar-refractivity contribution >= 4 is 17.2 Å². The van der Waals surface area contributed by atoms with E-state index in [-0.39, 0.29) is 23.7 Å². The minimum atomic E-state index is -0.755. The van der Waals surface area contributed by atoms with Gasteiger partial charge in [0.05, 0.1) is 6.42 Å². The van der Waals surface area contributed by atoms with Crippen LogP contribution in [0.3, 0.4) is 0 Å². The average Bonchev–Trinajstić information content (AvgIpc) is 3.49. The second kappa shape index (κ2) is 10.6. The first kappa shape index (κ1) is 26.0. The standard InChI is InChI=1S/C33H36FNO3/c1-22-8-15-31(34)29(18-22)27-14-9-23(19-28(27)30-7-4-16-33(30,2)3)21-38-26-12-10-24(11-13-26)35-17-5-6-25(35)20-32(36)37/h7-15,18-19,25H,4-6,16-17,20-21H2,1-3H3,(H,36,37)/t25-/m0/s1. The first-order valence-corrected chi connectivity index (χ1v) is 13.5. The average molecular weight is 514 g/mol. The van der Waals surface area contributed by atoms with Gasteiger partial charge in [0.1, 0.15) is 18.2 Å². The predicted molar refractivity (Wildman–Crippen MR) is 151 cm³/mol. The number of allylic oxidation sites excluding steroid dienone is 2. The quantitative estimate of drug-likeness (QED) is 0.331. The zero-order chi connectivity index (χ0) is 26.9. The SMILES string of the molecule is Cc1ccc(F)c(-c2ccc(COc3ccc(N4CCC[C@H]4CC(=O)O)cc3)cc2C2=CCCC2(C)C)c1. The molecule has 1 saturated heterocycles. The highest BCUT2D eigenvalue weighted by atomic mass is 19.1. The van der Waals surface area contributed by atoms with Crippen molar-refractivity contribution in [2.75, 3.05) is 11.4 Å². The van der Waals surface area contributed by atoms with Gasteiger partial charge in [-0.25, -0.2) is 4.39 Å². The Morgan fingerprint density at radius 2 is 1.84 bits per heavy atom. The summed E-state index contributed by atoms with van der Waals surface area (Å²) >= 11 is 0. The van der Waals surface area contributed by atoms with Crippen LogP contribution in [0.2, 0.25) is 0 Å². The lowest BCUT2D eigenvalue weighted by Gasteiger charge is -2.26. The van der Waals surface area contributed by atoms with E-state index in [1.54, 1.807) is 12.1 Å². The molecule has 2 aliphatic rings. The molecule has 1 heterocycles. The normalized spacial score (nSPS) is 18.5. The Kier molecular flexibility index (Phi) is 7.29. The van der Waals surface area contributed by atoms with Crippen LogP contribution in [0.4, 0.5) is 10.1 Å². The molecule has 1 atom stereocenters. The van der Waals surface area contributed by atoms with E-state index in [1.165, 1.54) is 5.57 Å². The molecule has 3 aromatic rings. The van der Waals surface area contributed by atoms with Crippen LogP contribution in [0, 0.1) is 18.2 Å². The van der Waals surface area contributed by atoms with E-state index >= 15 is 0 Å². The molecular formula is C33H36FNO3. The Labute approximate surface area is 224 Å². The predicted octanol–water partition coefficient (Wildman–Crippen LogP) is 8.03.